The van der Waals surface area contributed by atoms with Crippen molar-refractivity contribution in [2.75, 3.05) is 30.9 Å². The molecule has 1 aliphatic carbocycles. The largest absolute Gasteiger partial charge is 0.490 e. The number of benzene rings is 1. The van der Waals surface area contributed by atoms with Gasteiger partial charge in [-0.3, -0.25) is 0 Å². The van der Waals surface area contributed by atoms with Crippen LogP contribution in [0.1, 0.15) is 52.3 Å². The molecular weight excluding hydrogens is 478 g/mol. The number of hydrogen-bond donors (Lipinski definition) is 1. The predicted molar refractivity (Wildman–Crippen MR) is 127 cm³/mol. The third kappa shape index (κ3) is 5.94. The van der Waals surface area contributed by atoms with Gasteiger partial charge in [-0.1, -0.05) is 5.16 Å². The molecule has 1 unspecified atom stereocenters. The van der Waals surface area contributed by atoms with E-state index in [1.54, 1.807) is 0 Å². The van der Waals surface area contributed by atoms with Gasteiger partial charge in [0.2, 0.25) is 5.82 Å². The number of alkyl halides is 1. The van der Waals surface area contributed by atoms with E-state index in [0.717, 1.165) is 44.6 Å². The second-order valence-corrected chi connectivity index (χ2v) is 12.3. The maximum atomic E-state index is 14.3. The van der Waals surface area contributed by atoms with Gasteiger partial charge in [-0.05, 0) is 76.5 Å². The Morgan fingerprint density at radius 1 is 1.26 bits per heavy atom. The minimum Gasteiger partial charge on any atom is -0.490 e. The maximum absolute atomic E-state index is 14.3. The van der Waals surface area contributed by atoms with Gasteiger partial charge in [0, 0.05) is 25.4 Å². The van der Waals surface area contributed by atoms with E-state index in [0.29, 0.717) is 25.1 Å². The van der Waals surface area contributed by atoms with E-state index in [9.17, 15) is 17.2 Å². The monoisotopic (exact) mass is 512 g/mol. The van der Waals surface area contributed by atoms with Crippen molar-refractivity contribution >= 4 is 15.9 Å². The molecule has 1 aromatic carbocycles. The van der Waals surface area contributed by atoms with Gasteiger partial charge in [-0.2, -0.15) is 4.98 Å². The Bertz CT molecular complexity index is 1130. The lowest BCUT2D eigenvalue weighted by atomic mass is 9.76. The molecule has 8 nitrogen and oxygen atoms in total. The molecule has 1 aromatic heterocycles. The summed E-state index contributed by atoms with van der Waals surface area (Å²) in [4.78, 5) is 6.40. The lowest BCUT2D eigenvalue weighted by Gasteiger charge is -2.45. The Labute approximate surface area is 205 Å². The molecule has 1 saturated carbocycles. The molecule has 4 rings (SSSR count). The lowest BCUT2D eigenvalue weighted by molar-refractivity contribution is 0.150. The van der Waals surface area contributed by atoms with Gasteiger partial charge in [-0.25, -0.2) is 17.2 Å². The van der Waals surface area contributed by atoms with Crippen molar-refractivity contribution < 1.29 is 26.5 Å². The highest BCUT2D eigenvalue weighted by Crippen LogP contribution is 2.37. The van der Waals surface area contributed by atoms with Crippen LogP contribution in [0.25, 0.3) is 0 Å². The van der Waals surface area contributed by atoms with Crippen LogP contribution in [0.5, 0.6) is 5.75 Å². The first-order valence-electron chi connectivity index (χ1n) is 12.1. The maximum Gasteiger partial charge on any atom is 0.324 e. The zero-order chi connectivity index (χ0) is 25.4. The van der Waals surface area contributed by atoms with Crippen LogP contribution in [0.3, 0.4) is 0 Å². The van der Waals surface area contributed by atoms with Crippen molar-refractivity contribution in [1.82, 2.24) is 15.5 Å². The Morgan fingerprint density at radius 2 is 1.97 bits per heavy atom. The molecule has 0 radical (unpaired) electrons. The van der Waals surface area contributed by atoms with Crippen molar-refractivity contribution in [3.05, 3.63) is 29.8 Å². The molecule has 11 heteroatoms. The summed E-state index contributed by atoms with van der Waals surface area (Å²) in [7, 11) is -3.47. The van der Waals surface area contributed by atoms with E-state index < -0.39 is 21.3 Å². The molecule has 1 aliphatic heterocycles. The summed E-state index contributed by atoms with van der Waals surface area (Å²) < 4.78 is 63.0. The van der Waals surface area contributed by atoms with Gasteiger partial charge in [0.15, 0.2) is 27.1 Å². The first-order chi connectivity index (χ1) is 16.4. The minimum atomic E-state index is -3.47. The molecule has 2 fully saturated rings. The standard InChI is InChI=1S/C24H34F2N4O4S/c1-15-21(30(12-11-27-15)23-28-22(29-34-23)24(2,3)26)17-7-5-16(6-8-17)14-33-20-10-9-18(13-19(20)25)35(4,31)32/h9-10,13,15-17,21,27H,5-8,11-12,14H2,1-4H3/t15?,16?,17?,21-/m1/s1. The van der Waals surface area contributed by atoms with Crippen LogP contribution >= 0.6 is 0 Å². The molecule has 0 amide bonds. The summed E-state index contributed by atoms with van der Waals surface area (Å²) in [5.74, 6) is 0.111. The van der Waals surface area contributed by atoms with Crippen molar-refractivity contribution in [2.45, 2.75) is 69.1 Å². The van der Waals surface area contributed by atoms with E-state index in [-0.39, 0.29) is 34.5 Å². The van der Waals surface area contributed by atoms with Crippen molar-refractivity contribution in [2.24, 2.45) is 11.8 Å². The number of nitrogens with zero attached hydrogens (tertiary/aromatic N) is 3. The van der Waals surface area contributed by atoms with E-state index in [1.165, 1.54) is 26.0 Å². The van der Waals surface area contributed by atoms with Crippen molar-refractivity contribution in [3.63, 3.8) is 0 Å². The van der Waals surface area contributed by atoms with Gasteiger partial charge in [-0.15, -0.1) is 0 Å². The number of sulfone groups is 1. The number of ether oxygens (including phenoxy) is 1. The Kier molecular flexibility index (Phi) is 7.38. The normalized spacial score (nSPS) is 26.1. The van der Waals surface area contributed by atoms with Gasteiger partial charge >= 0.3 is 6.01 Å². The summed E-state index contributed by atoms with van der Waals surface area (Å²) in [5, 5.41) is 7.39. The SMILES string of the molecule is CC1NCCN(c2nc(C(C)(C)F)no2)[C@H]1C1CCC(COc2ccc(S(C)(=O)=O)cc2F)CC1. The highest BCUT2D eigenvalue weighted by atomic mass is 32.2. The summed E-state index contributed by atoms with van der Waals surface area (Å²) in [6.45, 7) is 6.83. The highest BCUT2D eigenvalue weighted by molar-refractivity contribution is 7.90. The van der Waals surface area contributed by atoms with Gasteiger partial charge in [0.25, 0.3) is 0 Å². The molecule has 2 aromatic rings. The average molecular weight is 513 g/mol. The summed E-state index contributed by atoms with van der Waals surface area (Å²) >= 11 is 0. The Balaban J connectivity index is 1.36. The summed E-state index contributed by atoms with van der Waals surface area (Å²) in [6.07, 6.45) is 4.83. The fourth-order valence-electron chi connectivity index (χ4n) is 5.15. The molecule has 2 atom stereocenters. The molecular formula is C24H34F2N4O4S. The van der Waals surface area contributed by atoms with Crippen LogP contribution in [-0.2, 0) is 15.5 Å². The number of hydrogen-bond acceptors (Lipinski definition) is 8. The van der Waals surface area contributed by atoms with Crippen LogP contribution in [0, 0.1) is 17.7 Å². The second-order valence-electron chi connectivity index (χ2n) is 10.3. The second kappa shape index (κ2) is 10.0. The molecule has 35 heavy (non-hydrogen) atoms. The number of piperazine rings is 1. The van der Waals surface area contributed by atoms with E-state index >= 15 is 0 Å². The van der Waals surface area contributed by atoms with Gasteiger partial charge < -0.3 is 19.5 Å². The van der Waals surface area contributed by atoms with Gasteiger partial charge in [0.05, 0.1) is 17.5 Å². The lowest BCUT2D eigenvalue weighted by Crippen LogP contribution is -2.60. The zero-order valence-electron chi connectivity index (χ0n) is 20.6. The molecule has 0 spiro atoms. The zero-order valence-corrected chi connectivity index (χ0v) is 21.4. The quantitative estimate of drug-likeness (QED) is 0.597. The Morgan fingerprint density at radius 3 is 2.57 bits per heavy atom. The summed E-state index contributed by atoms with van der Waals surface area (Å²) in [5.41, 5.74) is -1.67. The number of rotatable bonds is 7. The topological polar surface area (TPSA) is 97.6 Å². The third-order valence-corrected chi connectivity index (χ3v) is 8.17. The third-order valence-electron chi connectivity index (χ3n) is 7.06. The molecule has 1 N–H and O–H groups in total. The number of nitrogens with one attached hydrogen (secondary N) is 1. The van der Waals surface area contributed by atoms with E-state index in [2.05, 4.69) is 27.3 Å². The first-order valence-corrected chi connectivity index (χ1v) is 14.0. The molecule has 1 saturated heterocycles. The first kappa shape index (κ1) is 25.8. The predicted octanol–water partition coefficient (Wildman–Crippen LogP) is 3.87. The van der Waals surface area contributed by atoms with Crippen LogP contribution in [-0.4, -0.2) is 56.6 Å². The Hall–Kier alpha value is -2.27. The number of anilines is 1. The summed E-state index contributed by atoms with van der Waals surface area (Å²) in [6, 6.07) is 4.45. The van der Waals surface area contributed by atoms with E-state index in [1.807, 2.05) is 0 Å². The molecule has 2 heterocycles. The highest BCUT2D eigenvalue weighted by Gasteiger charge is 2.40. The van der Waals surface area contributed by atoms with E-state index in [4.69, 9.17) is 9.26 Å². The average Bonchev–Trinajstić information content (AvgIpc) is 3.29. The molecule has 2 aliphatic rings. The van der Waals surface area contributed by atoms with Crippen molar-refractivity contribution in [1.29, 1.82) is 0 Å². The molecule has 194 valence electrons. The van der Waals surface area contributed by atoms with Gasteiger partial charge in [0.1, 0.15) is 0 Å². The van der Waals surface area contributed by atoms with Crippen LogP contribution in [0.15, 0.2) is 27.6 Å². The fourth-order valence-corrected chi connectivity index (χ4v) is 5.78. The molecule has 0 bridgehead atoms. The van der Waals surface area contributed by atoms with Crippen LogP contribution < -0.4 is 15.0 Å². The number of halogens is 2. The van der Waals surface area contributed by atoms with Crippen LogP contribution in [0.2, 0.25) is 0 Å². The fraction of sp³-hybridized carbons (Fsp3) is 0.667. The van der Waals surface area contributed by atoms with Crippen molar-refractivity contribution in [3.8, 4) is 5.75 Å². The smallest absolute Gasteiger partial charge is 0.324 e. The van der Waals surface area contributed by atoms with Crippen LogP contribution in [0.4, 0.5) is 14.8 Å². The minimum absolute atomic E-state index is 0.0510. The number of aromatic nitrogens is 2.